The summed E-state index contributed by atoms with van der Waals surface area (Å²) in [7, 11) is -2.20. The Labute approximate surface area is 177 Å². The van der Waals surface area contributed by atoms with E-state index >= 15 is 0 Å². The first-order chi connectivity index (χ1) is 13.7. The topological polar surface area (TPSA) is 66.9 Å². The predicted octanol–water partition coefficient (Wildman–Crippen LogP) is 4.33. The molecule has 8 heteroatoms. The first-order valence-corrected chi connectivity index (χ1v) is 11.3. The van der Waals surface area contributed by atoms with E-state index in [0.717, 1.165) is 5.56 Å². The Hall–Kier alpha value is -2.25. The fraction of sp³-hybridized carbons (Fsp3) is 0.381. The Balaban J connectivity index is 1.94. The van der Waals surface area contributed by atoms with E-state index in [0.29, 0.717) is 23.6 Å². The average Bonchev–Trinajstić information content (AvgIpc) is 2.71. The summed E-state index contributed by atoms with van der Waals surface area (Å²) < 4.78 is 33.8. The molecule has 0 spiro atoms. The van der Waals surface area contributed by atoms with Crippen LogP contribution in [0.25, 0.3) is 0 Å². The molecule has 29 heavy (non-hydrogen) atoms. The largest absolute Gasteiger partial charge is 0.447 e. The van der Waals surface area contributed by atoms with Crippen molar-refractivity contribution in [2.45, 2.75) is 43.7 Å². The monoisotopic (exact) mass is 436 g/mol. The second-order valence-corrected chi connectivity index (χ2v) is 9.61. The Morgan fingerprint density at radius 2 is 1.86 bits per heavy atom. The molecule has 0 saturated carbocycles. The molecule has 1 aliphatic heterocycles. The van der Waals surface area contributed by atoms with Gasteiger partial charge in [0, 0.05) is 18.1 Å². The van der Waals surface area contributed by atoms with Crippen molar-refractivity contribution in [3.05, 3.63) is 59.1 Å². The van der Waals surface area contributed by atoms with Crippen molar-refractivity contribution in [1.82, 2.24) is 4.90 Å². The van der Waals surface area contributed by atoms with Gasteiger partial charge in [-0.1, -0.05) is 29.8 Å². The highest BCUT2D eigenvalue weighted by molar-refractivity contribution is 7.92. The third kappa shape index (κ3) is 4.51. The molecule has 0 bridgehead atoms. The Bertz CT molecular complexity index is 976. The maximum absolute atomic E-state index is 13.5. The second kappa shape index (κ2) is 8.63. The fourth-order valence-corrected chi connectivity index (χ4v) is 5.08. The number of nitrogens with zero attached hydrogens (tertiary/aromatic N) is 2. The highest BCUT2D eigenvalue weighted by Crippen LogP contribution is 2.35. The summed E-state index contributed by atoms with van der Waals surface area (Å²) in [5.41, 5.74) is 1.57. The molecular formula is C21H25ClN2O4S. The van der Waals surface area contributed by atoms with E-state index in [1.165, 1.54) is 21.3 Å². The van der Waals surface area contributed by atoms with Crippen LogP contribution in [0.4, 0.5) is 10.5 Å². The first kappa shape index (κ1) is 21.5. The molecule has 6 nitrogen and oxygen atoms in total. The van der Waals surface area contributed by atoms with Crippen molar-refractivity contribution >= 4 is 33.4 Å². The number of ether oxygens (including phenoxy) is 1. The number of carbonyl (C=O) groups excluding carboxylic acids is 1. The van der Waals surface area contributed by atoms with Crippen LogP contribution in [-0.2, 0) is 21.2 Å². The van der Waals surface area contributed by atoms with Crippen LogP contribution in [0.1, 0.15) is 25.8 Å². The third-order valence-corrected chi connectivity index (χ3v) is 7.27. The van der Waals surface area contributed by atoms with Crippen LogP contribution in [0.5, 0.6) is 0 Å². The number of rotatable bonds is 5. The molecule has 1 amide bonds. The molecule has 0 aliphatic carbocycles. The van der Waals surface area contributed by atoms with E-state index in [4.69, 9.17) is 16.3 Å². The summed E-state index contributed by atoms with van der Waals surface area (Å²) in [5.74, 6) is 0. The van der Waals surface area contributed by atoms with Gasteiger partial charge in [0.2, 0.25) is 0 Å². The molecule has 0 N–H and O–H groups in total. The molecule has 1 atom stereocenters. The van der Waals surface area contributed by atoms with Gasteiger partial charge in [-0.25, -0.2) is 13.2 Å². The van der Waals surface area contributed by atoms with Crippen molar-refractivity contribution in [3.63, 3.8) is 0 Å². The highest BCUT2D eigenvalue weighted by atomic mass is 35.5. The van der Waals surface area contributed by atoms with Gasteiger partial charge in [0.05, 0.1) is 16.6 Å². The molecule has 0 aromatic heterocycles. The molecule has 1 heterocycles. The normalized spacial score (nSPS) is 16.4. The lowest BCUT2D eigenvalue weighted by Crippen LogP contribution is -2.47. The van der Waals surface area contributed by atoms with Crippen LogP contribution in [0.2, 0.25) is 5.02 Å². The third-order valence-electron chi connectivity index (χ3n) is 5.14. The van der Waals surface area contributed by atoms with E-state index in [2.05, 4.69) is 0 Å². The zero-order valence-corrected chi connectivity index (χ0v) is 18.3. The minimum absolute atomic E-state index is 0.0107. The number of sulfonamides is 1. The van der Waals surface area contributed by atoms with E-state index in [1.807, 2.05) is 32.0 Å². The van der Waals surface area contributed by atoms with E-state index in [-0.39, 0.29) is 17.5 Å². The van der Waals surface area contributed by atoms with Gasteiger partial charge in [-0.05, 0) is 62.6 Å². The van der Waals surface area contributed by atoms with Crippen LogP contribution in [-0.4, -0.2) is 45.1 Å². The summed E-state index contributed by atoms with van der Waals surface area (Å²) in [6.45, 7) is 3.75. The molecule has 1 aliphatic rings. The SMILES string of the molecule is CC(C)N(C)C(=O)OCC1CCc2ccccc2N1S(=O)(=O)c1ccc(Cl)cc1. The zero-order chi connectivity index (χ0) is 21.2. The number of carbonyl (C=O) groups is 1. The standard InChI is InChI=1S/C21H25ClN2O4S/c1-15(2)23(3)21(25)28-14-18-11-8-16-6-4-5-7-20(16)24(18)29(26,27)19-12-9-17(22)10-13-19/h4-7,9-10,12-13,15,18H,8,11,14H2,1-3H3. The van der Waals surface area contributed by atoms with E-state index in [9.17, 15) is 13.2 Å². The molecule has 0 fully saturated rings. The summed E-state index contributed by atoms with van der Waals surface area (Å²) in [6.07, 6.45) is 0.802. The maximum atomic E-state index is 13.5. The number of benzene rings is 2. The lowest BCUT2D eigenvalue weighted by molar-refractivity contribution is 0.0958. The molecule has 2 aromatic carbocycles. The van der Waals surface area contributed by atoms with Crippen molar-refractivity contribution in [3.8, 4) is 0 Å². The fourth-order valence-electron chi connectivity index (χ4n) is 3.25. The van der Waals surface area contributed by atoms with Gasteiger partial charge in [-0.15, -0.1) is 0 Å². The zero-order valence-electron chi connectivity index (χ0n) is 16.7. The molecule has 1 unspecified atom stereocenters. The van der Waals surface area contributed by atoms with Crippen molar-refractivity contribution < 1.29 is 17.9 Å². The number of aryl methyl sites for hydroxylation is 1. The summed E-state index contributed by atoms with van der Waals surface area (Å²) in [5, 5.41) is 0.463. The van der Waals surface area contributed by atoms with Gasteiger partial charge >= 0.3 is 6.09 Å². The van der Waals surface area contributed by atoms with Crippen LogP contribution >= 0.6 is 11.6 Å². The minimum atomic E-state index is -3.86. The number of para-hydroxylation sites is 1. The lowest BCUT2D eigenvalue weighted by atomic mass is 9.98. The number of fused-ring (bicyclic) bond motifs is 1. The number of amides is 1. The number of anilines is 1. The quantitative estimate of drug-likeness (QED) is 0.699. The molecule has 156 valence electrons. The summed E-state index contributed by atoms with van der Waals surface area (Å²) >= 11 is 5.93. The van der Waals surface area contributed by atoms with Gasteiger partial charge in [-0.3, -0.25) is 4.31 Å². The van der Waals surface area contributed by atoms with E-state index in [1.54, 1.807) is 25.2 Å². The predicted molar refractivity (Wildman–Crippen MR) is 114 cm³/mol. The number of hydrogen-bond acceptors (Lipinski definition) is 4. The lowest BCUT2D eigenvalue weighted by Gasteiger charge is -2.37. The van der Waals surface area contributed by atoms with Crippen molar-refractivity contribution in [1.29, 1.82) is 0 Å². The van der Waals surface area contributed by atoms with Crippen molar-refractivity contribution in [2.24, 2.45) is 0 Å². The van der Waals surface area contributed by atoms with Crippen LogP contribution in [0.3, 0.4) is 0 Å². The molecule has 3 rings (SSSR count). The summed E-state index contributed by atoms with van der Waals surface area (Å²) in [6, 6.07) is 13.0. The van der Waals surface area contributed by atoms with Crippen molar-refractivity contribution in [2.75, 3.05) is 18.0 Å². The Morgan fingerprint density at radius 3 is 2.52 bits per heavy atom. The van der Waals surface area contributed by atoms with Crippen LogP contribution in [0.15, 0.2) is 53.4 Å². The van der Waals surface area contributed by atoms with Gasteiger partial charge in [0.25, 0.3) is 10.0 Å². The highest BCUT2D eigenvalue weighted by Gasteiger charge is 2.37. The van der Waals surface area contributed by atoms with Crippen LogP contribution in [0, 0.1) is 0 Å². The Kier molecular flexibility index (Phi) is 6.39. The Morgan fingerprint density at radius 1 is 1.21 bits per heavy atom. The molecular weight excluding hydrogens is 412 g/mol. The van der Waals surface area contributed by atoms with E-state index < -0.39 is 22.2 Å². The van der Waals surface area contributed by atoms with Gasteiger partial charge in [0.1, 0.15) is 6.61 Å². The van der Waals surface area contributed by atoms with Gasteiger partial charge < -0.3 is 9.64 Å². The number of hydrogen-bond donors (Lipinski definition) is 0. The molecule has 0 saturated heterocycles. The van der Waals surface area contributed by atoms with Gasteiger partial charge in [0.15, 0.2) is 0 Å². The smallest absolute Gasteiger partial charge is 0.409 e. The molecule has 2 aromatic rings. The molecule has 0 radical (unpaired) electrons. The van der Waals surface area contributed by atoms with Crippen LogP contribution < -0.4 is 4.31 Å². The summed E-state index contributed by atoms with van der Waals surface area (Å²) in [4.78, 5) is 13.9. The first-order valence-electron chi connectivity index (χ1n) is 9.49. The minimum Gasteiger partial charge on any atom is -0.447 e. The second-order valence-electron chi connectivity index (χ2n) is 7.36. The van der Waals surface area contributed by atoms with Gasteiger partial charge in [-0.2, -0.15) is 0 Å². The maximum Gasteiger partial charge on any atom is 0.409 e. The average molecular weight is 437 g/mol. The number of halogens is 1.